The second-order valence-electron chi connectivity index (χ2n) is 5.50. The summed E-state index contributed by atoms with van der Waals surface area (Å²) in [5, 5.41) is 13.7. The van der Waals surface area contributed by atoms with E-state index in [9.17, 15) is 5.11 Å². The summed E-state index contributed by atoms with van der Waals surface area (Å²) in [5.41, 5.74) is 0. The van der Waals surface area contributed by atoms with Crippen molar-refractivity contribution in [2.75, 3.05) is 5.75 Å². The fourth-order valence-electron chi connectivity index (χ4n) is 1.65. The minimum Gasteiger partial charge on any atom is -0.393 e. The molecule has 0 amide bonds. The van der Waals surface area contributed by atoms with Gasteiger partial charge in [-0.1, -0.05) is 32.9 Å². The summed E-state index contributed by atoms with van der Waals surface area (Å²) in [6.07, 6.45) is 0.835. The van der Waals surface area contributed by atoms with Crippen molar-refractivity contribution in [2.24, 2.45) is 11.8 Å². The quantitative estimate of drug-likeness (QED) is 0.788. The van der Waals surface area contributed by atoms with E-state index in [-0.39, 0.29) is 6.10 Å². The average Bonchev–Trinajstić information content (AvgIpc) is 2.63. The second kappa shape index (κ2) is 7.79. The van der Waals surface area contributed by atoms with Gasteiger partial charge in [-0.15, -0.1) is 0 Å². The summed E-state index contributed by atoms with van der Waals surface area (Å²) in [5.74, 6) is 4.30. The number of hydrogen-bond donors (Lipinski definition) is 1. The standard InChI is InChI=1S/C13H24N2O2S/c1-9(2)5-11(16)6-13-14-12(15-17-13)8-18-7-10(3)4/h9-11,16H,5-8H2,1-4H3. The number of aliphatic hydroxyl groups is 1. The molecule has 0 fully saturated rings. The van der Waals surface area contributed by atoms with E-state index < -0.39 is 0 Å². The highest BCUT2D eigenvalue weighted by Gasteiger charge is 2.13. The van der Waals surface area contributed by atoms with Crippen LogP contribution in [-0.2, 0) is 12.2 Å². The minimum absolute atomic E-state index is 0.387. The Labute approximate surface area is 114 Å². The van der Waals surface area contributed by atoms with Crippen molar-refractivity contribution in [1.82, 2.24) is 10.1 Å². The van der Waals surface area contributed by atoms with Crippen LogP contribution in [0.5, 0.6) is 0 Å². The Balaban J connectivity index is 2.33. The molecule has 0 aliphatic carbocycles. The van der Waals surface area contributed by atoms with Crippen molar-refractivity contribution in [3.05, 3.63) is 11.7 Å². The normalized spacial score (nSPS) is 13.5. The van der Waals surface area contributed by atoms with Crippen LogP contribution in [0.25, 0.3) is 0 Å². The van der Waals surface area contributed by atoms with Crippen LogP contribution >= 0.6 is 11.8 Å². The van der Waals surface area contributed by atoms with Crippen molar-refractivity contribution in [3.8, 4) is 0 Å². The van der Waals surface area contributed by atoms with Crippen LogP contribution < -0.4 is 0 Å². The summed E-state index contributed by atoms with van der Waals surface area (Å²) in [6, 6.07) is 0. The monoisotopic (exact) mass is 272 g/mol. The average molecular weight is 272 g/mol. The molecule has 1 atom stereocenters. The lowest BCUT2D eigenvalue weighted by Crippen LogP contribution is -2.13. The Kier molecular flexibility index (Phi) is 6.71. The maximum atomic E-state index is 9.80. The van der Waals surface area contributed by atoms with Crippen LogP contribution in [-0.4, -0.2) is 27.1 Å². The van der Waals surface area contributed by atoms with Gasteiger partial charge in [0.2, 0.25) is 5.89 Å². The molecule has 0 spiro atoms. The number of aromatic nitrogens is 2. The highest BCUT2D eigenvalue weighted by atomic mass is 32.2. The molecule has 0 radical (unpaired) electrons. The molecule has 1 heterocycles. The Hall–Kier alpha value is -0.550. The topological polar surface area (TPSA) is 59.2 Å². The highest BCUT2D eigenvalue weighted by Crippen LogP contribution is 2.14. The van der Waals surface area contributed by atoms with Crippen LogP contribution in [0.1, 0.15) is 45.8 Å². The molecule has 0 aliphatic heterocycles. The Bertz CT molecular complexity index is 339. The molecule has 0 aromatic carbocycles. The Morgan fingerprint density at radius 1 is 1.22 bits per heavy atom. The summed E-state index contributed by atoms with van der Waals surface area (Å²) in [4.78, 5) is 4.30. The largest absolute Gasteiger partial charge is 0.393 e. The van der Waals surface area contributed by atoms with Gasteiger partial charge in [-0.2, -0.15) is 16.7 Å². The molecule has 18 heavy (non-hydrogen) atoms. The fourth-order valence-corrected chi connectivity index (χ4v) is 2.54. The van der Waals surface area contributed by atoms with E-state index >= 15 is 0 Å². The zero-order valence-corrected chi connectivity index (χ0v) is 12.5. The number of nitrogens with zero attached hydrogens (tertiary/aromatic N) is 2. The van der Waals surface area contributed by atoms with E-state index in [1.54, 1.807) is 0 Å². The van der Waals surface area contributed by atoms with Gasteiger partial charge in [0.1, 0.15) is 0 Å². The maximum Gasteiger partial charge on any atom is 0.229 e. The van der Waals surface area contributed by atoms with Gasteiger partial charge >= 0.3 is 0 Å². The molecule has 1 rings (SSSR count). The summed E-state index contributed by atoms with van der Waals surface area (Å²) in [6.45, 7) is 8.56. The maximum absolute atomic E-state index is 9.80. The highest BCUT2D eigenvalue weighted by molar-refractivity contribution is 7.98. The van der Waals surface area contributed by atoms with Gasteiger partial charge in [0.05, 0.1) is 18.3 Å². The first-order valence-electron chi connectivity index (χ1n) is 6.54. The molecule has 0 saturated carbocycles. The minimum atomic E-state index is -0.387. The Morgan fingerprint density at radius 2 is 1.94 bits per heavy atom. The zero-order valence-electron chi connectivity index (χ0n) is 11.7. The first-order chi connectivity index (χ1) is 8.47. The van der Waals surface area contributed by atoms with E-state index in [0.717, 1.165) is 23.8 Å². The van der Waals surface area contributed by atoms with Crippen LogP contribution in [0.15, 0.2) is 4.52 Å². The van der Waals surface area contributed by atoms with Crippen molar-refractivity contribution in [2.45, 2.75) is 52.4 Å². The van der Waals surface area contributed by atoms with Crippen LogP contribution in [0, 0.1) is 11.8 Å². The molecular formula is C13H24N2O2S. The number of hydrogen-bond acceptors (Lipinski definition) is 5. The summed E-state index contributed by atoms with van der Waals surface area (Å²) < 4.78 is 5.14. The smallest absolute Gasteiger partial charge is 0.229 e. The number of aliphatic hydroxyl groups excluding tert-OH is 1. The molecule has 1 aromatic rings. The predicted octanol–water partition coefficient (Wildman–Crippen LogP) is 2.91. The molecule has 104 valence electrons. The lowest BCUT2D eigenvalue weighted by molar-refractivity contribution is 0.138. The van der Waals surface area contributed by atoms with Crippen LogP contribution in [0.4, 0.5) is 0 Å². The SMILES string of the molecule is CC(C)CSCc1noc(CC(O)CC(C)C)n1. The second-order valence-corrected chi connectivity index (χ2v) is 6.53. The molecule has 1 unspecified atom stereocenters. The third kappa shape index (κ3) is 6.40. The first-order valence-corrected chi connectivity index (χ1v) is 7.70. The number of rotatable bonds is 8. The molecule has 0 saturated heterocycles. The van der Waals surface area contributed by atoms with Gasteiger partial charge in [-0.25, -0.2) is 0 Å². The van der Waals surface area contributed by atoms with Crippen molar-refractivity contribution >= 4 is 11.8 Å². The third-order valence-electron chi connectivity index (χ3n) is 2.35. The molecule has 1 aromatic heterocycles. The van der Waals surface area contributed by atoms with Crippen molar-refractivity contribution in [1.29, 1.82) is 0 Å². The van der Waals surface area contributed by atoms with Gasteiger partial charge in [0.15, 0.2) is 5.82 Å². The van der Waals surface area contributed by atoms with E-state index in [1.165, 1.54) is 0 Å². The van der Waals surface area contributed by atoms with Crippen LogP contribution in [0.3, 0.4) is 0 Å². The third-order valence-corrected chi connectivity index (χ3v) is 3.71. The molecule has 0 bridgehead atoms. The molecule has 5 heteroatoms. The van der Waals surface area contributed by atoms with Gasteiger partial charge < -0.3 is 9.63 Å². The van der Waals surface area contributed by atoms with E-state index in [1.807, 2.05) is 11.8 Å². The Morgan fingerprint density at radius 3 is 2.56 bits per heavy atom. The molecule has 1 N–H and O–H groups in total. The van der Waals surface area contributed by atoms with E-state index in [0.29, 0.717) is 24.1 Å². The van der Waals surface area contributed by atoms with E-state index in [2.05, 4.69) is 37.8 Å². The first kappa shape index (κ1) is 15.5. The number of thioether (sulfide) groups is 1. The van der Waals surface area contributed by atoms with Crippen molar-refractivity contribution < 1.29 is 9.63 Å². The molecular weight excluding hydrogens is 248 g/mol. The zero-order chi connectivity index (χ0) is 13.5. The van der Waals surface area contributed by atoms with Gasteiger partial charge in [0, 0.05) is 0 Å². The lowest BCUT2D eigenvalue weighted by Gasteiger charge is -2.09. The van der Waals surface area contributed by atoms with Crippen molar-refractivity contribution in [3.63, 3.8) is 0 Å². The lowest BCUT2D eigenvalue weighted by atomic mass is 10.0. The molecule has 0 aliphatic rings. The van der Waals surface area contributed by atoms with Crippen LogP contribution in [0.2, 0.25) is 0 Å². The predicted molar refractivity (Wildman–Crippen MR) is 74.5 cm³/mol. The molecule has 4 nitrogen and oxygen atoms in total. The van der Waals surface area contributed by atoms with Gasteiger partial charge in [-0.3, -0.25) is 0 Å². The van der Waals surface area contributed by atoms with Gasteiger partial charge in [-0.05, 0) is 24.0 Å². The van der Waals surface area contributed by atoms with E-state index in [4.69, 9.17) is 4.52 Å². The summed E-state index contributed by atoms with van der Waals surface area (Å²) in [7, 11) is 0. The van der Waals surface area contributed by atoms with Gasteiger partial charge in [0.25, 0.3) is 0 Å². The summed E-state index contributed by atoms with van der Waals surface area (Å²) >= 11 is 1.81. The fraction of sp³-hybridized carbons (Fsp3) is 0.846.